The molecule has 1 aromatic heterocycles. The lowest BCUT2D eigenvalue weighted by atomic mass is 10.2. The lowest BCUT2D eigenvalue weighted by Gasteiger charge is -2.34. The van der Waals surface area contributed by atoms with Crippen LogP contribution in [0.3, 0.4) is 0 Å². The molecule has 21 heavy (non-hydrogen) atoms. The van der Waals surface area contributed by atoms with E-state index in [2.05, 4.69) is 29.8 Å². The number of methoxy groups -OCH3 is 1. The lowest BCUT2D eigenvalue weighted by Crippen LogP contribution is -2.47. The molecule has 0 aliphatic carbocycles. The fourth-order valence-electron chi connectivity index (χ4n) is 2.35. The smallest absolute Gasteiger partial charge is 0.406 e. The molecule has 0 saturated carbocycles. The SMILES string of the molecule is COC(=O)NCCCCN1CCN(c2ncccn2)CC1. The normalized spacial score (nSPS) is 15.8. The summed E-state index contributed by atoms with van der Waals surface area (Å²) in [6.07, 6.45) is 5.25. The third-order valence-corrected chi connectivity index (χ3v) is 3.56. The van der Waals surface area contributed by atoms with Crippen molar-refractivity contribution in [1.29, 1.82) is 0 Å². The molecule has 1 saturated heterocycles. The molecule has 2 heterocycles. The summed E-state index contributed by atoms with van der Waals surface area (Å²) in [6, 6.07) is 1.84. The van der Waals surface area contributed by atoms with Crippen LogP contribution < -0.4 is 10.2 Å². The van der Waals surface area contributed by atoms with Crippen LogP contribution in [0.4, 0.5) is 10.7 Å². The van der Waals surface area contributed by atoms with Gasteiger partial charge in [-0.25, -0.2) is 14.8 Å². The van der Waals surface area contributed by atoms with Gasteiger partial charge in [0.15, 0.2) is 0 Å². The van der Waals surface area contributed by atoms with Crippen LogP contribution in [0.5, 0.6) is 0 Å². The van der Waals surface area contributed by atoms with E-state index in [1.165, 1.54) is 7.11 Å². The predicted molar refractivity (Wildman–Crippen MR) is 80.3 cm³/mol. The van der Waals surface area contributed by atoms with Gasteiger partial charge in [-0.3, -0.25) is 4.90 Å². The number of alkyl carbamates (subject to hydrolysis) is 1. The molecule has 0 aromatic carbocycles. The van der Waals surface area contributed by atoms with Gasteiger partial charge in [0.2, 0.25) is 5.95 Å². The molecular formula is C14H23N5O2. The minimum Gasteiger partial charge on any atom is -0.453 e. The van der Waals surface area contributed by atoms with Crippen LogP contribution in [-0.4, -0.2) is 67.3 Å². The first-order valence-corrected chi connectivity index (χ1v) is 7.36. The zero-order chi connectivity index (χ0) is 14.9. The van der Waals surface area contributed by atoms with Crippen molar-refractivity contribution in [2.24, 2.45) is 0 Å². The molecule has 116 valence electrons. The largest absolute Gasteiger partial charge is 0.453 e. The Labute approximate surface area is 125 Å². The summed E-state index contributed by atoms with van der Waals surface area (Å²) in [7, 11) is 1.38. The number of hydrogen-bond acceptors (Lipinski definition) is 6. The number of rotatable bonds is 6. The number of carbonyl (C=O) groups excluding carboxylic acids is 1. The highest BCUT2D eigenvalue weighted by atomic mass is 16.5. The van der Waals surface area contributed by atoms with Crippen molar-refractivity contribution in [2.45, 2.75) is 12.8 Å². The molecule has 1 N–H and O–H groups in total. The number of anilines is 1. The number of hydrogen-bond donors (Lipinski definition) is 1. The summed E-state index contributed by atoms with van der Waals surface area (Å²) >= 11 is 0. The van der Waals surface area contributed by atoms with E-state index < -0.39 is 0 Å². The molecule has 7 heteroatoms. The van der Waals surface area contributed by atoms with Crippen molar-refractivity contribution in [3.8, 4) is 0 Å². The first-order valence-electron chi connectivity index (χ1n) is 7.36. The van der Waals surface area contributed by atoms with E-state index in [4.69, 9.17) is 0 Å². The van der Waals surface area contributed by atoms with Gasteiger partial charge in [0, 0.05) is 45.1 Å². The minimum absolute atomic E-state index is 0.355. The number of piperazine rings is 1. The van der Waals surface area contributed by atoms with E-state index in [1.54, 1.807) is 12.4 Å². The summed E-state index contributed by atoms with van der Waals surface area (Å²) in [5.74, 6) is 0.819. The number of carbonyl (C=O) groups is 1. The maximum Gasteiger partial charge on any atom is 0.406 e. The third kappa shape index (κ3) is 5.18. The van der Waals surface area contributed by atoms with Gasteiger partial charge >= 0.3 is 6.09 Å². The van der Waals surface area contributed by atoms with Crippen LogP contribution in [0.2, 0.25) is 0 Å². The Morgan fingerprint density at radius 2 is 1.95 bits per heavy atom. The molecule has 0 bridgehead atoms. The molecule has 2 rings (SSSR count). The minimum atomic E-state index is -0.355. The van der Waals surface area contributed by atoms with Crippen LogP contribution in [0, 0.1) is 0 Å². The zero-order valence-corrected chi connectivity index (χ0v) is 12.5. The monoisotopic (exact) mass is 293 g/mol. The van der Waals surface area contributed by atoms with E-state index in [0.29, 0.717) is 6.54 Å². The molecule has 1 aliphatic heterocycles. The maximum atomic E-state index is 10.9. The second kappa shape index (κ2) is 8.41. The van der Waals surface area contributed by atoms with Crippen molar-refractivity contribution >= 4 is 12.0 Å². The first kappa shape index (κ1) is 15.5. The van der Waals surface area contributed by atoms with E-state index in [9.17, 15) is 4.79 Å². The van der Waals surface area contributed by atoms with Gasteiger partial charge in [0.25, 0.3) is 0 Å². The Balaban J connectivity index is 1.58. The Morgan fingerprint density at radius 3 is 2.62 bits per heavy atom. The summed E-state index contributed by atoms with van der Waals surface area (Å²) < 4.78 is 4.52. The fourth-order valence-corrected chi connectivity index (χ4v) is 2.35. The van der Waals surface area contributed by atoms with Crippen LogP contribution in [0.25, 0.3) is 0 Å². The molecule has 1 fully saturated rings. The Bertz CT molecular complexity index is 421. The molecule has 1 amide bonds. The highest BCUT2D eigenvalue weighted by Gasteiger charge is 2.17. The van der Waals surface area contributed by atoms with Crippen LogP contribution in [0.1, 0.15) is 12.8 Å². The second-order valence-corrected chi connectivity index (χ2v) is 5.00. The van der Waals surface area contributed by atoms with Crippen molar-refractivity contribution in [2.75, 3.05) is 51.3 Å². The van der Waals surface area contributed by atoms with Crippen LogP contribution in [-0.2, 0) is 4.74 Å². The van der Waals surface area contributed by atoms with E-state index in [1.807, 2.05) is 6.07 Å². The highest BCUT2D eigenvalue weighted by molar-refractivity contribution is 5.66. The van der Waals surface area contributed by atoms with Gasteiger partial charge in [0.05, 0.1) is 7.11 Å². The fraction of sp³-hybridized carbons (Fsp3) is 0.643. The average molecular weight is 293 g/mol. The number of unbranched alkanes of at least 4 members (excludes halogenated alkanes) is 1. The summed E-state index contributed by atoms with van der Waals surface area (Å²) in [6.45, 7) is 5.72. The number of aromatic nitrogens is 2. The molecule has 0 radical (unpaired) electrons. The highest BCUT2D eigenvalue weighted by Crippen LogP contribution is 2.09. The average Bonchev–Trinajstić information content (AvgIpc) is 2.55. The Morgan fingerprint density at radius 1 is 1.24 bits per heavy atom. The first-order chi connectivity index (χ1) is 10.3. The molecule has 0 spiro atoms. The zero-order valence-electron chi connectivity index (χ0n) is 12.5. The van der Waals surface area contributed by atoms with Gasteiger partial charge in [-0.15, -0.1) is 0 Å². The topological polar surface area (TPSA) is 70.6 Å². The standard InChI is InChI=1S/C14H23N5O2/c1-21-14(20)17-5-2-3-8-18-9-11-19(12-10-18)13-15-6-4-7-16-13/h4,6-7H,2-3,5,8-12H2,1H3,(H,17,20). The van der Waals surface area contributed by atoms with Gasteiger partial charge in [-0.1, -0.05) is 0 Å². The molecule has 0 unspecified atom stereocenters. The number of amides is 1. The molecule has 1 aliphatic rings. The summed E-state index contributed by atoms with van der Waals surface area (Å²) in [5, 5.41) is 2.69. The Hall–Kier alpha value is -1.89. The Kier molecular flexibility index (Phi) is 6.21. The summed E-state index contributed by atoms with van der Waals surface area (Å²) in [4.78, 5) is 24.1. The van der Waals surface area contributed by atoms with E-state index in [-0.39, 0.29) is 6.09 Å². The molecule has 1 aromatic rings. The van der Waals surface area contributed by atoms with Gasteiger partial charge in [-0.05, 0) is 25.5 Å². The predicted octanol–water partition coefficient (Wildman–Crippen LogP) is 0.735. The summed E-state index contributed by atoms with van der Waals surface area (Å²) in [5.41, 5.74) is 0. The van der Waals surface area contributed by atoms with Crippen LogP contribution >= 0.6 is 0 Å². The third-order valence-electron chi connectivity index (χ3n) is 3.56. The van der Waals surface area contributed by atoms with Crippen molar-refractivity contribution in [3.05, 3.63) is 18.5 Å². The van der Waals surface area contributed by atoms with Gasteiger partial charge < -0.3 is 15.0 Å². The molecule has 7 nitrogen and oxygen atoms in total. The van der Waals surface area contributed by atoms with Crippen molar-refractivity contribution in [3.63, 3.8) is 0 Å². The molecular weight excluding hydrogens is 270 g/mol. The number of nitrogens with zero attached hydrogens (tertiary/aromatic N) is 4. The maximum absolute atomic E-state index is 10.9. The van der Waals surface area contributed by atoms with Crippen molar-refractivity contribution < 1.29 is 9.53 Å². The van der Waals surface area contributed by atoms with E-state index >= 15 is 0 Å². The van der Waals surface area contributed by atoms with Crippen molar-refractivity contribution in [1.82, 2.24) is 20.2 Å². The van der Waals surface area contributed by atoms with Gasteiger partial charge in [-0.2, -0.15) is 0 Å². The van der Waals surface area contributed by atoms with E-state index in [0.717, 1.165) is 51.5 Å². The number of nitrogens with one attached hydrogen (secondary N) is 1. The van der Waals surface area contributed by atoms with Crippen LogP contribution in [0.15, 0.2) is 18.5 Å². The number of ether oxygens (including phenoxy) is 1. The van der Waals surface area contributed by atoms with Gasteiger partial charge in [0.1, 0.15) is 0 Å². The molecule has 0 atom stereocenters. The quantitative estimate of drug-likeness (QED) is 0.780. The second-order valence-electron chi connectivity index (χ2n) is 5.00. The lowest BCUT2D eigenvalue weighted by molar-refractivity contribution is 0.170.